The van der Waals surface area contributed by atoms with Crippen LogP contribution in [0.2, 0.25) is 0 Å². The number of nitrogens with one attached hydrogen (secondary N) is 1. The van der Waals surface area contributed by atoms with E-state index in [0.29, 0.717) is 0 Å². The number of hydrogen-bond donors (Lipinski definition) is 1. The van der Waals surface area contributed by atoms with Crippen molar-refractivity contribution in [3.63, 3.8) is 0 Å². The van der Waals surface area contributed by atoms with Crippen molar-refractivity contribution in [2.24, 2.45) is 10.2 Å². The van der Waals surface area contributed by atoms with Gasteiger partial charge in [0, 0.05) is 49.8 Å². The first-order valence-corrected chi connectivity index (χ1v) is 12.9. The van der Waals surface area contributed by atoms with Crippen molar-refractivity contribution in [3.8, 4) is 0 Å². The molecule has 0 radical (unpaired) electrons. The zero-order valence-electron chi connectivity index (χ0n) is 23.7. The Bertz CT molecular complexity index is 1120. The molecule has 1 heterocycles. The van der Waals surface area contributed by atoms with Gasteiger partial charge in [-0.1, -0.05) is 39.5 Å². The van der Waals surface area contributed by atoms with Crippen molar-refractivity contribution in [1.82, 2.24) is 14.8 Å². The van der Waals surface area contributed by atoms with Crippen molar-refractivity contribution in [1.29, 1.82) is 0 Å². The number of anilines is 1. The van der Waals surface area contributed by atoms with Gasteiger partial charge in [0.15, 0.2) is 0 Å². The van der Waals surface area contributed by atoms with Crippen LogP contribution < -0.4 is 5.32 Å². The summed E-state index contributed by atoms with van der Waals surface area (Å²) < 4.78 is 0. The average Bonchev–Trinajstić information content (AvgIpc) is 2.87. The summed E-state index contributed by atoms with van der Waals surface area (Å²) in [5.41, 5.74) is 8.93. The first-order valence-electron chi connectivity index (χ1n) is 12.9. The van der Waals surface area contributed by atoms with Crippen LogP contribution in [0.1, 0.15) is 63.4 Å². The van der Waals surface area contributed by atoms with E-state index in [1.54, 1.807) is 7.05 Å². The third-order valence-electron chi connectivity index (χ3n) is 6.11. The molecule has 1 aliphatic rings. The molecule has 0 bridgehead atoms. The molecule has 1 aromatic carbocycles. The van der Waals surface area contributed by atoms with E-state index in [9.17, 15) is 0 Å². The molecule has 0 saturated carbocycles. The molecule has 0 spiro atoms. The summed E-state index contributed by atoms with van der Waals surface area (Å²) in [6.45, 7) is 12.3. The fraction of sp³-hybridized carbons (Fsp3) is 0.452. The molecule has 0 atom stereocenters. The normalized spacial score (nSPS) is 13.4. The summed E-state index contributed by atoms with van der Waals surface area (Å²) in [5.74, 6) is 0.867. The number of pyridine rings is 1. The molecule has 0 amide bonds. The lowest BCUT2D eigenvalue weighted by Gasteiger charge is -2.27. The van der Waals surface area contributed by atoms with Crippen LogP contribution >= 0.6 is 0 Å². The van der Waals surface area contributed by atoms with Crippen LogP contribution in [0.15, 0.2) is 70.2 Å². The largest absolute Gasteiger partial charge is 0.377 e. The van der Waals surface area contributed by atoms with E-state index in [1.165, 1.54) is 11.3 Å². The number of azo groups is 1. The van der Waals surface area contributed by atoms with Gasteiger partial charge in [0.05, 0.1) is 5.69 Å². The third kappa shape index (κ3) is 8.97. The summed E-state index contributed by atoms with van der Waals surface area (Å²) in [4.78, 5) is 9.45. The Kier molecular flexibility index (Phi) is 13.5. The topological polar surface area (TPSA) is 56.1 Å². The van der Waals surface area contributed by atoms with Crippen LogP contribution in [0.5, 0.6) is 0 Å². The third-order valence-corrected chi connectivity index (χ3v) is 6.11. The molecular formula is C31H48N6. The molecule has 37 heavy (non-hydrogen) atoms. The van der Waals surface area contributed by atoms with Gasteiger partial charge in [0.1, 0.15) is 5.82 Å². The second kappa shape index (κ2) is 15.8. The van der Waals surface area contributed by atoms with E-state index < -0.39 is 0 Å². The predicted molar refractivity (Wildman–Crippen MR) is 162 cm³/mol. The minimum absolute atomic E-state index is 0. The van der Waals surface area contributed by atoms with Gasteiger partial charge in [-0.3, -0.25) is 0 Å². The highest BCUT2D eigenvalue weighted by molar-refractivity contribution is 5.82. The lowest BCUT2D eigenvalue weighted by Crippen LogP contribution is -2.29. The van der Waals surface area contributed by atoms with Gasteiger partial charge >= 0.3 is 0 Å². The predicted octanol–water partition coefficient (Wildman–Crippen LogP) is 7.99. The molecule has 3 rings (SSSR count). The van der Waals surface area contributed by atoms with Crippen molar-refractivity contribution in [3.05, 3.63) is 82.3 Å². The SMILES string of the molecule is C.C/C=C(/c1ccc(N=NC)c(C)c1)c1ccc(NC2=CCCC(N(C)CCN(C)C)=C2)nc1C.CC. The fourth-order valence-electron chi connectivity index (χ4n) is 4.15. The summed E-state index contributed by atoms with van der Waals surface area (Å²) in [6, 6.07) is 10.5. The minimum atomic E-state index is 0. The molecule has 202 valence electrons. The van der Waals surface area contributed by atoms with Crippen LogP contribution in [0.4, 0.5) is 11.5 Å². The van der Waals surface area contributed by atoms with Gasteiger partial charge in [-0.25, -0.2) is 4.98 Å². The highest BCUT2D eigenvalue weighted by atomic mass is 15.2. The maximum absolute atomic E-state index is 4.88. The summed E-state index contributed by atoms with van der Waals surface area (Å²) >= 11 is 0. The Morgan fingerprint density at radius 3 is 2.41 bits per heavy atom. The quantitative estimate of drug-likeness (QED) is 0.352. The zero-order valence-corrected chi connectivity index (χ0v) is 23.7. The van der Waals surface area contributed by atoms with Gasteiger partial charge < -0.3 is 15.1 Å². The molecule has 1 aliphatic carbocycles. The van der Waals surface area contributed by atoms with Gasteiger partial charge in [-0.15, -0.1) is 0 Å². The second-order valence-electron chi connectivity index (χ2n) is 9.02. The maximum atomic E-state index is 4.88. The molecule has 0 unspecified atom stereocenters. The summed E-state index contributed by atoms with van der Waals surface area (Å²) in [7, 11) is 8.09. The van der Waals surface area contributed by atoms with Crippen LogP contribution in [0.25, 0.3) is 5.57 Å². The van der Waals surface area contributed by atoms with Crippen LogP contribution in [0, 0.1) is 13.8 Å². The van der Waals surface area contributed by atoms with Crippen molar-refractivity contribution in [2.45, 2.75) is 54.9 Å². The lowest BCUT2D eigenvalue weighted by atomic mass is 9.95. The monoisotopic (exact) mass is 504 g/mol. The number of nitrogens with zero attached hydrogens (tertiary/aromatic N) is 5. The summed E-state index contributed by atoms with van der Waals surface area (Å²) in [6.07, 6.45) is 8.76. The van der Waals surface area contributed by atoms with E-state index in [4.69, 9.17) is 4.98 Å². The number of likely N-dealkylation sites (N-methyl/N-ethyl adjacent to an activating group) is 2. The zero-order chi connectivity index (χ0) is 26.7. The van der Waals surface area contributed by atoms with Crippen LogP contribution in [-0.4, -0.2) is 56.1 Å². The van der Waals surface area contributed by atoms with E-state index in [1.807, 2.05) is 19.9 Å². The number of rotatable bonds is 9. The first kappa shape index (κ1) is 31.8. The van der Waals surface area contributed by atoms with Crippen molar-refractivity contribution < 1.29 is 0 Å². The smallest absolute Gasteiger partial charge is 0.130 e. The Balaban J connectivity index is 0.00000223. The van der Waals surface area contributed by atoms with Gasteiger partial charge in [0.25, 0.3) is 0 Å². The number of aryl methyl sites for hydroxylation is 2. The number of benzene rings is 1. The first-order chi connectivity index (χ1) is 17.3. The van der Waals surface area contributed by atoms with E-state index in [-0.39, 0.29) is 7.43 Å². The number of hydrogen-bond acceptors (Lipinski definition) is 6. The summed E-state index contributed by atoms with van der Waals surface area (Å²) in [5, 5.41) is 11.6. The molecule has 1 aromatic heterocycles. The average molecular weight is 505 g/mol. The Labute approximate surface area is 225 Å². The maximum Gasteiger partial charge on any atom is 0.130 e. The standard InChI is InChI=1S/C28H38N6.C2H6.CH4/c1-8-25(22-12-14-27(32-29-4)20(2)18-22)26-13-15-28(30-21(26)3)31-23-10-9-11-24(19-23)34(7)17-16-33(5)6;1-2;/h8,10,12-15,18-19H,9,11,16-17H2,1-7H3,(H,30,31);1-2H3;1H4/b25-8-,32-29?;;. The van der Waals surface area contributed by atoms with Crippen molar-refractivity contribution in [2.75, 3.05) is 46.6 Å². The van der Waals surface area contributed by atoms with E-state index in [0.717, 1.165) is 65.5 Å². The van der Waals surface area contributed by atoms with Gasteiger partial charge in [-0.05, 0) is 94.7 Å². The fourth-order valence-corrected chi connectivity index (χ4v) is 4.15. The Morgan fingerprint density at radius 1 is 1.08 bits per heavy atom. The van der Waals surface area contributed by atoms with Crippen LogP contribution in [-0.2, 0) is 0 Å². The highest BCUT2D eigenvalue weighted by Crippen LogP contribution is 2.30. The second-order valence-corrected chi connectivity index (χ2v) is 9.02. The minimum Gasteiger partial charge on any atom is -0.377 e. The number of allylic oxidation sites excluding steroid dienone is 4. The molecule has 6 nitrogen and oxygen atoms in total. The van der Waals surface area contributed by atoms with Gasteiger partial charge in [0.2, 0.25) is 0 Å². The van der Waals surface area contributed by atoms with E-state index >= 15 is 0 Å². The molecular weight excluding hydrogens is 456 g/mol. The lowest BCUT2D eigenvalue weighted by molar-refractivity contribution is 0.319. The molecule has 6 heteroatoms. The highest BCUT2D eigenvalue weighted by Gasteiger charge is 2.13. The molecule has 0 aliphatic heterocycles. The molecule has 0 fully saturated rings. The molecule has 2 aromatic rings. The Hall–Kier alpha value is -3.25. The molecule has 1 N–H and O–H groups in total. The Morgan fingerprint density at radius 2 is 1.81 bits per heavy atom. The molecule has 0 saturated heterocycles. The van der Waals surface area contributed by atoms with Gasteiger partial charge in [-0.2, -0.15) is 10.2 Å². The van der Waals surface area contributed by atoms with E-state index in [2.05, 4.69) is 110 Å². The van der Waals surface area contributed by atoms with Crippen molar-refractivity contribution >= 4 is 17.1 Å². The number of aromatic nitrogens is 1. The van der Waals surface area contributed by atoms with Crippen LogP contribution in [0.3, 0.4) is 0 Å².